The Kier molecular flexibility index (Phi) is 5.63. The van der Waals surface area contributed by atoms with E-state index in [9.17, 15) is 14.3 Å². The van der Waals surface area contributed by atoms with E-state index >= 15 is 0 Å². The van der Waals surface area contributed by atoms with Crippen LogP contribution in [0.3, 0.4) is 0 Å². The maximum atomic E-state index is 13.7. The molecular formula is C18H19ClFN3O2. The number of pyridine rings is 1. The first kappa shape index (κ1) is 17.8. The molecule has 1 saturated heterocycles. The third kappa shape index (κ3) is 4.34. The van der Waals surface area contributed by atoms with E-state index in [1.807, 2.05) is 23.1 Å². The fourth-order valence-corrected chi connectivity index (χ4v) is 3.21. The molecule has 1 aliphatic heterocycles. The number of halogens is 2. The van der Waals surface area contributed by atoms with Gasteiger partial charge in [0.25, 0.3) is 0 Å². The molecule has 0 saturated carbocycles. The smallest absolute Gasteiger partial charge is 0.325 e. The second-order valence-electron chi connectivity index (χ2n) is 6.05. The van der Waals surface area contributed by atoms with E-state index in [-0.39, 0.29) is 5.02 Å². The lowest BCUT2D eigenvalue weighted by Gasteiger charge is -2.37. The maximum Gasteiger partial charge on any atom is 0.325 e. The molecule has 5 nitrogen and oxygen atoms in total. The number of carboxylic acid groups (broad SMARTS) is 1. The molecule has 0 amide bonds. The van der Waals surface area contributed by atoms with Crippen LogP contribution in [0.4, 0.5) is 4.39 Å². The summed E-state index contributed by atoms with van der Waals surface area (Å²) >= 11 is 5.70. The van der Waals surface area contributed by atoms with Crippen LogP contribution in [0, 0.1) is 5.82 Å². The standard InChI is InChI=1S/C18H19ClFN3O2/c19-15-5-4-13(11-16(15)20)17(18(24)25)23-9-7-22(8-10-23)12-14-3-1-2-6-21-14/h1-6,11,17H,7-10,12H2,(H,24,25)/t17-/m1/s1. The van der Waals surface area contributed by atoms with Crippen molar-refractivity contribution >= 4 is 17.6 Å². The highest BCUT2D eigenvalue weighted by molar-refractivity contribution is 6.30. The van der Waals surface area contributed by atoms with Gasteiger partial charge in [-0.2, -0.15) is 0 Å². The lowest BCUT2D eigenvalue weighted by Crippen LogP contribution is -2.48. The minimum Gasteiger partial charge on any atom is -0.480 e. The number of hydrogen-bond acceptors (Lipinski definition) is 4. The van der Waals surface area contributed by atoms with Gasteiger partial charge in [-0.05, 0) is 29.8 Å². The van der Waals surface area contributed by atoms with Crippen LogP contribution >= 0.6 is 11.6 Å². The number of carboxylic acids is 1. The van der Waals surface area contributed by atoms with Crippen molar-refractivity contribution in [2.75, 3.05) is 26.2 Å². The van der Waals surface area contributed by atoms with Gasteiger partial charge in [0.05, 0.1) is 10.7 Å². The number of aromatic nitrogens is 1. The van der Waals surface area contributed by atoms with Crippen LogP contribution in [0.5, 0.6) is 0 Å². The molecule has 1 fully saturated rings. The average molecular weight is 364 g/mol. The highest BCUT2D eigenvalue weighted by Crippen LogP contribution is 2.26. The van der Waals surface area contributed by atoms with Crippen LogP contribution in [-0.4, -0.2) is 52.0 Å². The third-order valence-corrected chi connectivity index (χ3v) is 4.68. The van der Waals surface area contributed by atoms with Crippen molar-refractivity contribution < 1.29 is 14.3 Å². The Balaban J connectivity index is 1.66. The summed E-state index contributed by atoms with van der Waals surface area (Å²) in [6.07, 6.45) is 1.77. The second-order valence-corrected chi connectivity index (χ2v) is 6.45. The number of nitrogens with zero attached hydrogens (tertiary/aromatic N) is 3. The van der Waals surface area contributed by atoms with Gasteiger partial charge in [-0.25, -0.2) is 4.39 Å². The SMILES string of the molecule is O=C(O)[C@@H](c1ccc(Cl)c(F)c1)N1CCN(Cc2ccccn2)CC1. The first-order valence-electron chi connectivity index (χ1n) is 8.08. The van der Waals surface area contributed by atoms with Gasteiger partial charge in [0.15, 0.2) is 0 Å². The van der Waals surface area contributed by atoms with E-state index in [1.165, 1.54) is 12.1 Å². The van der Waals surface area contributed by atoms with E-state index in [1.54, 1.807) is 12.3 Å². The minimum absolute atomic E-state index is 0.00642. The average Bonchev–Trinajstić information content (AvgIpc) is 2.60. The van der Waals surface area contributed by atoms with Crippen LogP contribution in [-0.2, 0) is 11.3 Å². The lowest BCUT2D eigenvalue weighted by molar-refractivity contribution is -0.144. The van der Waals surface area contributed by atoms with Crippen LogP contribution in [0.1, 0.15) is 17.3 Å². The summed E-state index contributed by atoms with van der Waals surface area (Å²) in [4.78, 5) is 20.2. The molecule has 2 heterocycles. The van der Waals surface area contributed by atoms with Gasteiger partial charge in [0.1, 0.15) is 11.9 Å². The normalized spacial score (nSPS) is 17.4. The van der Waals surface area contributed by atoms with Crippen LogP contribution in [0.25, 0.3) is 0 Å². The minimum atomic E-state index is -0.986. The fourth-order valence-electron chi connectivity index (χ4n) is 3.09. The van der Waals surface area contributed by atoms with Gasteiger partial charge in [-0.15, -0.1) is 0 Å². The molecule has 0 aliphatic carbocycles. The van der Waals surface area contributed by atoms with Gasteiger partial charge in [-0.1, -0.05) is 23.7 Å². The Morgan fingerprint density at radius 1 is 1.24 bits per heavy atom. The number of piperazine rings is 1. The molecule has 0 spiro atoms. The summed E-state index contributed by atoms with van der Waals surface area (Å²) in [6.45, 7) is 3.39. The molecule has 1 N–H and O–H groups in total. The largest absolute Gasteiger partial charge is 0.480 e. The monoisotopic (exact) mass is 363 g/mol. The molecule has 0 radical (unpaired) electrons. The summed E-state index contributed by atoms with van der Waals surface area (Å²) in [6, 6.07) is 9.12. The van der Waals surface area contributed by atoms with Crippen molar-refractivity contribution in [1.29, 1.82) is 0 Å². The van der Waals surface area contributed by atoms with E-state index in [0.717, 1.165) is 25.3 Å². The van der Waals surface area contributed by atoms with E-state index in [2.05, 4.69) is 9.88 Å². The number of rotatable bonds is 5. The molecule has 1 aliphatic rings. The Labute approximate surface area is 150 Å². The molecular weight excluding hydrogens is 345 g/mol. The predicted molar refractivity (Wildman–Crippen MR) is 92.9 cm³/mol. The van der Waals surface area contributed by atoms with Crippen LogP contribution in [0.15, 0.2) is 42.6 Å². The summed E-state index contributed by atoms with van der Waals surface area (Å²) in [7, 11) is 0. The number of carbonyl (C=O) groups is 1. The van der Waals surface area contributed by atoms with Gasteiger partial charge >= 0.3 is 5.97 Å². The topological polar surface area (TPSA) is 56.7 Å². The van der Waals surface area contributed by atoms with E-state index < -0.39 is 17.8 Å². The molecule has 7 heteroatoms. The third-order valence-electron chi connectivity index (χ3n) is 4.38. The van der Waals surface area contributed by atoms with Crippen LogP contribution < -0.4 is 0 Å². The van der Waals surface area contributed by atoms with Crippen molar-refractivity contribution in [3.05, 3.63) is 64.7 Å². The molecule has 1 atom stereocenters. The first-order valence-corrected chi connectivity index (χ1v) is 8.46. The molecule has 0 bridgehead atoms. The summed E-state index contributed by atoms with van der Waals surface area (Å²) in [5, 5.41) is 9.61. The Bertz CT molecular complexity index is 736. The van der Waals surface area contributed by atoms with Crippen molar-refractivity contribution in [3.63, 3.8) is 0 Å². The van der Waals surface area contributed by atoms with Gasteiger partial charge in [0.2, 0.25) is 0 Å². The van der Waals surface area contributed by atoms with Crippen LogP contribution in [0.2, 0.25) is 5.02 Å². The molecule has 3 rings (SSSR count). The van der Waals surface area contributed by atoms with Crippen molar-refractivity contribution in [2.45, 2.75) is 12.6 Å². The molecule has 25 heavy (non-hydrogen) atoms. The highest BCUT2D eigenvalue weighted by atomic mass is 35.5. The fraction of sp³-hybridized carbons (Fsp3) is 0.333. The molecule has 2 aromatic rings. The zero-order valence-electron chi connectivity index (χ0n) is 13.6. The van der Waals surface area contributed by atoms with E-state index in [4.69, 9.17) is 11.6 Å². The Morgan fingerprint density at radius 2 is 2.00 bits per heavy atom. The second kappa shape index (κ2) is 7.91. The number of aliphatic carboxylic acids is 1. The number of benzene rings is 1. The van der Waals surface area contributed by atoms with Gasteiger partial charge in [0, 0.05) is 38.9 Å². The zero-order valence-corrected chi connectivity index (χ0v) is 14.4. The zero-order chi connectivity index (χ0) is 17.8. The summed E-state index contributed by atoms with van der Waals surface area (Å²) in [5.41, 5.74) is 1.40. The van der Waals surface area contributed by atoms with Crippen molar-refractivity contribution in [3.8, 4) is 0 Å². The molecule has 0 unspecified atom stereocenters. The summed E-state index contributed by atoms with van der Waals surface area (Å²) < 4.78 is 13.7. The first-order chi connectivity index (χ1) is 12.0. The molecule has 1 aromatic carbocycles. The Morgan fingerprint density at radius 3 is 2.60 bits per heavy atom. The summed E-state index contributed by atoms with van der Waals surface area (Å²) in [5.74, 6) is -1.58. The molecule has 132 valence electrons. The van der Waals surface area contributed by atoms with Crippen molar-refractivity contribution in [2.24, 2.45) is 0 Å². The quantitative estimate of drug-likeness (QED) is 0.885. The number of hydrogen-bond donors (Lipinski definition) is 1. The van der Waals surface area contributed by atoms with Gasteiger partial charge in [-0.3, -0.25) is 19.6 Å². The molecule has 1 aromatic heterocycles. The van der Waals surface area contributed by atoms with Crippen molar-refractivity contribution in [1.82, 2.24) is 14.8 Å². The van der Waals surface area contributed by atoms with E-state index in [0.29, 0.717) is 18.7 Å². The predicted octanol–water partition coefficient (Wildman–Crippen LogP) is 2.82. The van der Waals surface area contributed by atoms with Gasteiger partial charge < -0.3 is 5.11 Å². The maximum absolute atomic E-state index is 13.7. The Hall–Kier alpha value is -2.02. The highest BCUT2D eigenvalue weighted by Gasteiger charge is 2.30. The lowest BCUT2D eigenvalue weighted by atomic mass is 10.0.